The lowest BCUT2D eigenvalue weighted by Gasteiger charge is -2.19. The maximum atomic E-state index is 12.8. The molecule has 87 heavy (non-hydrogen) atoms. The van der Waals surface area contributed by atoms with Crippen molar-refractivity contribution in [2.45, 2.75) is 341 Å². The maximum absolute atomic E-state index is 12.8. The summed E-state index contributed by atoms with van der Waals surface area (Å²) in [6.07, 6.45) is 99.1. The van der Waals surface area contributed by atoms with Crippen molar-refractivity contribution in [3.8, 4) is 0 Å². The van der Waals surface area contributed by atoms with Crippen LogP contribution in [0.3, 0.4) is 0 Å². The van der Waals surface area contributed by atoms with Crippen LogP contribution in [0.2, 0.25) is 0 Å². The highest BCUT2D eigenvalue weighted by Crippen LogP contribution is 2.43. The lowest BCUT2D eigenvalue weighted by atomic mass is 10.0. The fraction of sp³-hybridized carbons (Fsp3) is 0.740. The van der Waals surface area contributed by atoms with Gasteiger partial charge in [0.25, 0.3) is 0 Å². The molecule has 0 aromatic carbocycles. The van der Waals surface area contributed by atoms with Crippen LogP contribution in [0.15, 0.2) is 109 Å². The first-order valence-electron chi connectivity index (χ1n) is 36.4. The van der Waals surface area contributed by atoms with E-state index in [0.29, 0.717) is 6.42 Å². The number of hydrogen-bond donors (Lipinski definition) is 2. The monoisotopic (exact) mass is 1230 g/mol. The summed E-state index contributed by atoms with van der Waals surface area (Å²) in [5.74, 6) is -0.830. The second kappa shape index (κ2) is 71.7. The summed E-state index contributed by atoms with van der Waals surface area (Å²) in [5.41, 5.74) is 5.40. The van der Waals surface area contributed by atoms with Crippen LogP contribution in [0.25, 0.3) is 0 Å². The molecule has 3 N–H and O–H groups in total. The number of phosphoric ester groups is 1. The number of allylic oxidation sites excluding steroid dienone is 18. The molecule has 9 nitrogen and oxygen atoms in total. The largest absolute Gasteiger partial charge is 0.472 e. The van der Waals surface area contributed by atoms with E-state index < -0.39 is 26.5 Å². The van der Waals surface area contributed by atoms with Crippen LogP contribution in [0.1, 0.15) is 335 Å². The Morgan fingerprint density at radius 1 is 0.356 bits per heavy atom. The summed E-state index contributed by atoms with van der Waals surface area (Å²) in [4.78, 5) is 35.4. The zero-order valence-electron chi connectivity index (χ0n) is 56.5. The Hall–Kier alpha value is -3.33. The lowest BCUT2D eigenvalue weighted by Crippen LogP contribution is -2.29. The van der Waals surface area contributed by atoms with Crippen LogP contribution in [0.4, 0.5) is 0 Å². The molecular formula is C77H136NO8P. The summed E-state index contributed by atoms with van der Waals surface area (Å²) < 4.78 is 33.2. The molecule has 2 unspecified atom stereocenters. The molecule has 0 radical (unpaired) electrons. The van der Waals surface area contributed by atoms with Crippen molar-refractivity contribution in [1.82, 2.24) is 0 Å². The first-order valence-corrected chi connectivity index (χ1v) is 37.9. The highest BCUT2D eigenvalue weighted by atomic mass is 31.2. The van der Waals surface area contributed by atoms with E-state index in [0.717, 1.165) is 96.3 Å². The Balaban J connectivity index is 3.84. The number of nitrogens with two attached hydrogens (primary N) is 1. The van der Waals surface area contributed by atoms with Crippen molar-refractivity contribution in [3.05, 3.63) is 109 Å². The average Bonchev–Trinajstić information content (AvgIpc) is 3.62. The van der Waals surface area contributed by atoms with Crippen LogP contribution in [-0.4, -0.2) is 49.3 Å². The van der Waals surface area contributed by atoms with E-state index in [1.165, 1.54) is 205 Å². The Bertz CT molecular complexity index is 1800. The number of carbonyl (C=O) groups excluding carboxylic acids is 2. The third-order valence-corrected chi connectivity index (χ3v) is 16.6. The lowest BCUT2D eigenvalue weighted by molar-refractivity contribution is -0.161. The molecule has 0 heterocycles. The number of hydrogen-bond acceptors (Lipinski definition) is 8. The Morgan fingerprint density at radius 3 is 0.943 bits per heavy atom. The van der Waals surface area contributed by atoms with Gasteiger partial charge in [-0.05, 0) is 103 Å². The predicted molar refractivity (Wildman–Crippen MR) is 376 cm³/mol. The fourth-order valence-corrected chi connectivity index (χ4v) is 11.1. The molecule has 0 aromatic rings. The van der Waals surface area contributed by atoms with Gasteiger partial charge in [0.2, 0.25) is 0 Å². The van der Waals surface area contributed by atoms with Crippen LogP contribution >= 0.6 is 7.82 Å². The number of rotatable bonds is 68. The summed E-state index contributed by atoms with van der Waals surface area (Å²) in [6, 6.07) is 0. The van der Waals surface area contributed by atoms with E-state index in [2.05, 4.69) is 123 Å². The minimum Gasteiger partial charge on any atom is -0.462 e. The quantitative estimate of drug-likeness (QED) is 0.0264. The standard InChI is InChI=1S/C77H136NO8P/c1-3-5-7-9-11-13-15-17-19-21-23-25-27-29-31-32-33-34-35-36-37-38-39-40-41-42-44-45-47-49-51-53-55-57-59-61-63-65-67-69-76(79)83-73-75(74-85-87(81,82)84-72-71-78)86-77(80)70-68-66-64-62-60-58-56-54-52-50-48-46-43-30-28-26-24-22-20-18-16-14-12-10-8-6-4-2/h6,8,12,14-15,17-18,20-21,23-24,26-27,29-30,43,48,50,75H,3-5,7,9-11,13,16,19,22,25,28,31-42,44-47,49,51-74,78H2,1-2H3,(H,81,82)/b8-6-,14-12-,17-15-,20-18-,23-21-,26-24-,29-27-,43-30-,50-48-. The molecule has 0 spiro atoms. The fourth-order valence-electron chi connectivity index (χ4n) is 10.3. The highest BCUT2D eigenvalue weighted by Gasteiger charge is 2.26. The normalized spacial score (nSPS) is 13.6. The number of esters is 2. The molecule has 0 saturated heterocycles. The number of unbranched alkanes of at least 4 members (excludes halogenated alkanes) is 37. The minimum atomic E-state index is -4.40. The van der Waals surface area contributed by atoms with Gasteiger partial charge in [0, 0.05) is 19.4 Å². The van der Waals surface area contributed by atoms with Gasteiger partial charge >= 0.3 is 19.8 Å². The van der Waals surface area contributed by atoms with E-state index in [9.17, 15) is 19.0 Å². The Kier molecular flexibility index (Phi) is 69.0. The molecule has 0 aliphatic rings. The smallest absolute Gasteiger partial charge is 0.462 e. The van der Waals surface area contributed by atoms with Gasteiger partial charge in [-0.2, -0.15) is 0 Å². The van der Waals surface area contributed by atoms with Gasteiger partial charge in [-0.25, -0.2) is 4.57 Å². The van der Waals surface area contributed by atoms with Crippen molar-refractivity contribution >= 4 is 19.8 Å². The van der Waals surface area contributed by atoms with Crippen LogP contribution in [0, 0.1) is 0 Å². The molecule has 0 aliphatic carbocycles. The third kappa shape index (κ3) is 71.6. The molecular weight excluding hydrogens is 1100 g/mol. The zero-order valence-corrected chi connectivity index (χ0v) is 57.4. The van der Waals surface area contributed by atoms with Crippen molar-refractivity contribution in [3.63, 3.8) is 0 Å². The molecule has 2 atom stereocenters. The summed E-state index contributed by atoms with van der Waals surface area (Å²) in [5, 5.41) is 0. The molecule has 0 saturated carbocycles. The first-order chi connectivity index (χ1) is 42.8. The van der Waals surface area contributed by atoms with Crippen LogP contribution in [0.5, 0.6) is 0 Å². The maximum Gasteiger partial charge on any atom is 0.472 e. The summed E-state index contributed by atoms with van der Waals surface area (Å²) in [7, 11) is -4.40. The van der Waals surface area contributed by atoms with Gasteiger partial charge in [-0.3, -0.25) is 18.6 Å². The third-order valence-electron chi connectivity index (χ3n) is 15.6. The van der Waals surface area contributed by atoms with Gasteiger partial charge in [0.05, 0.1) is 13.2 Å². The van der Waals surface area contributed by atoms with Gasteiger partial charge in [-0.15, -0.1) is 0 Å². The van der Waals surface area contributed by atoms with Gasteiger partial charge < -0.3 is 20.1 Å². The molecule has 0 amide bonds. The molecule has 0 fully saturated rings. The van der Waals surface area contributed by atoms with E-state index in [1.807, 2.05) is 0 Å². The van der Waals surface area contributed by atoms with E-state index >= 15 is 0 Å². The topological polar surface area (TPSA) is 134 Å². The van der Waals surface area contributed by atoms with Gasteiger partial charge in [0.15, 0.2) is 6.10 Å². The first kappa shape index (κ1) is 83.7. The summed E-state index contributed by atoms with van der Waals surface area (Å²) in [6.45, 7) is 3.64. The van der Waals surface area contributed by atoms with Crippen LogP contribution < -0.4 is 5.73 Å². The van der Waals surface area contributed by atoms with Gasteiger partial charge in [-0.1, -0.05) is 329 Å². The van der Waals surface area contributed by atoms with Crippen molar-refractivity contribution < 1.29 is 37.6 Å². The molecule has 0 aromatic heterocycles. The van der Waals surface area contributed by atoms with Crippen LogP contribution in [-0.2, 0) is 32.7 Å². The zero-order chi connectivity index (χ0) is 63.0. The number of phosphoric acid groups is 1. The molecule has 10 heteroatoms. The number of carbonyl (C=O) groups is 2. The minimum absolute atomic E-state index is 0.0486. The SMILES string of the molecule is CC/C=C\C/C=C\C/C=C\C/C=C\C/C=C\C/C=C\CCCCCCCCCCC(=O)OC(COC(=O)CCCCCCCCCCCCCCCCCCCCCCCCCC/C=C\C/C=C\C/C=C\CCCCCCC)COP(=O)(O)OCCN. The Morgan fingerprint density at radius 2 is 0.632 bits per heavy atom. The molecule has 0 rings (SSSR count). The van der Waals surface area contributed by atoms with Crippen molar-refractivity contribution in [2.75, 3.05) is 26.4 Å². The molecule has 0 bridgehead atoms. The molecule has 502 valence electrons. The predicted octanol–water partition coefficient (Wildman–Crippen LogP) is 24.1. The second-order valence-corrected chi connectivity index (χ2v) is 25.5. The van der Waals surface area contributed by atoms with Crippen molar-refractivity contribution in [2.24, 2.45) is 5.73 Å². The number of ether oxygens (including phenoxy) is 2. The van der Waals surface area contributed by atoms with E-state index in [4.69, 9.17) is 24.3 Å². The Labute approximate surface area is 537 Å². The van der Waals surface area contributed by atoms with E-state index in [1.54, 1.807) is 0 Å². The highest BCUT2D eigenvalue weighted by molar-refractivity contribution is 7.47. The summed E-state index contributed by atoms with van der Waals surface area (Å²) >= 11 is 0. The average molecular weight is 1230 g/mol. The van der Waals surface area contributed by atoms with E-state index in [-0.39, 0.29) is 38.6 Å². The molecule has 0 aliphatic heterocycles. The van der Waals surface area contributed by atoms with Crippen molar-refractivity contribution in [1.29, 1.82) is 0 Å². The van der Waals surface area contributed by atoms with Gasteiger partial charge in [0.1, 0.15) is 6.61 Å². The second-order valence-electron chi connectivity index (χ2n) is 24.1.